The highest BCUT2D eigenvalue weighted by Crippen LogP contribution is 2.32. The zero-order valence-corrected chi connectivity index (χ0v) is 12.5. The maximum absolute atomic E-state index is 11.3. The second kappa shape index (κ2) is 5.14. The van der Waals surface area contributed by atoms with Gasteiger partial charge < -0.3 is 4.98 Å². The van der Waals surface area contributed by atoms with Gasteiger partial charge in [-0.05, 0) is 44.0 Å². The first kappa shape index (κ1) is 13.3. The standard InChI is InChI=1S/C16H19N5O/c1-10-8-12-11(4-2-5-13(12)17-10)9-21-7-3-6-14(21)15-18-16(22)20-19-15/h2,4-5,8,14,17H,3,6-7,9H2,1H3,(H2,18,19,20,22). The molecule has 3 N–H and O–H groups in total. The third-order valence-corrected chi connectivity index (χ3v) is 4.46. The van der Waals surface area contributed by atoms with Crippen LogP contribution in [-0.4, -0.2) is 31.6 Å². The van der Waals surface area contributed by atoms with Crippen molar-refractivity contribution in [2.45, 2.75) is 32.4 Å². The first-order valence-corrected chi connectivity index (χ1v) is 7.66. The normalized spacial score (nSPS) is 19.2. The van der Waals surface area contributed by atoms with Crippen molar-refractivity contribution in [3.05, 3.63) is 51.8 Å². The molecule has 0 amide bonds. The molecule has 22 heavy (non-hydrogen) atoms. The van der Waals surface area contributed by atoms with E-state index in [1.165, 1.54) is 22.2 Å². The summed E-state index contributed by atoms with van der Waals surface area (Å²) in [6, 6.07) is 8.77. The van der Waals surface area contributed by atoms with E-state index in [1.807, 2.05) is 0 Å². The van der Waals surface area contributed by atoms with Gasteiger partial charge in [-0.15, -0.1) is 0 Å². The molecule has 1 fully saturated rings. The number of nitrogens with one attached hydrogen (secondary N) is 3. The van der Waals surface area contributed by atoms with Gasteiger partial charge in [0.2, 0.25) is 0 Å². The number of H-pyrrole nitrogens is 3. The molecule has 6 heteroatoms. The Hall–Kier alpha value is -2.34. The van der Waals surface area contributed by atoms with Gasteiger partial charge in [0.1, 0.15) is 5.82 Å². The molecule has 1 aliphatic heterocycles. The smallest absolute Gasteiger partial charge is 0.340 e. The van der Waals surface area contributed by atoms with Crippen LogP contribution in [0.15, 0.2) is 29.1 Å². The molecule has 1 saturated heterocycles. The Bertz CT molecular complexity index is 859. The molecule has 1 aromatic carbocycles. The first-order chi connectivity index (χ1) is 10.7. The largest absolute Gasteiger partial charge is 0.359 e. The minimum atomic E-state index is -0.231. The SMILES string of the molecule is Cc1cc2c(CN3CCCC3c3n[nH]c(=O)[nH]3)cccc2[nH]1. The number of benzene rings is 1. The first-order valence-electron chi connectivity index (χ1n) is 7.66. The van der Waals surface area contributed by atoms with E-state index in [0.29, 0.717) is 0 Å². The number of likely N-dealkylation sites (tertiary alicyclic amines) is 1. The van der Waals surface area contributed by atoms with E-state index in [9.17, 15) is 4.79 Å². The molecule has 0 bridgehead atoms. The highest BCUT2D eigenvalue weighted by atomic mass is 16.1. The monoisotopic (exact) mass is 297 g/mol. The number of aromatic amines is 3. The van der Waals surface area contributed by atoms with Crippen LogP contribution in [0.2, 0.25) is 0 Å². The Kier molecular flexibility index (Phi) is 3.11. The molecule has 6 nitrogen and oxygen atoms in total. The summed E-state index contributed by atoms with van der Waals surface area (Å²) in [7, 11) is 0. The lowest BCUT2D eigenvalue weighted by molar-refractivity contribution is 0.241. The van der Waals surface area contributed by atoms with Crippen LogP contribution >= 0.6 is 0 Å². The molecule has 0 radical (unpaired) electrons. The molecule has 3 aromatic rings. The van der Waals surface area contributed by atoms with Crippen LogP contribution in [0.4, 0.5) is 0 Å². The van der Waals surface area contributed by atoms with Gasteiger partial charge in [-0.3, -0.25) is 9.88 Å². The second-order valence-electron chi connectivity index (χ2n) is 6.02. The van der Waals surface area contributed by atoms with Crippen LogP contribution in [-0.2, 0) is 6.54 Å². The summed E-state index contributed by atoms with van der Waals surface area (Å²) in [5.41, 5.74) is 3.44. The molecule has 3 heterocycles. The zero-order valence-electron chi connectivity index (χ0n) is 12.5. The highest BCUT2D eigenvalue weighted by molar-refractivity contribution is 5.83. The summed E-state index contributed by atoms with van der Waals surface area (Å²) in [5.74, 6) is 0.750. The number of rotatable bonds is 3. The molecular formula is C16H19N5O. The van der Waals surface area contributed by atoms with Crippen molar-refractivity contribution in [3.8, 4) is 0 Å². The molecule has 0 saturated carbocycles. The van der Waals surface area contributed by atoms with E-state index in [4.69, 9.17) is 0 Å². The van der Waals surface area contributed by atoms with Crippen LogP contribution in [0, 0.1) is 6.92 Å². The summed E-state index contributed by atoms with van der Waals surface area (Å²) in [6.45, 7) is 3.98. The van der Waals surface area contributed by atoms with Gasteiger partial charge in [0.25, 0.3) is 0 Å². The van der Waals surface area contributed by atoms with Gasteiger partial charge >= 0.3 is 5.69 Å². The maximum Gasteiger partial charge on any atom is 0.340 e. The number of aromatic nitrogens is 4. The van der Waals surface area contributed by atoms with E-state index < -0.39 is 0 Å². The summed E-state index contributed by atoms with van der Waals surface area (Å²) < 4.78 is 0. The molecular weight excluding hydrogens is 278 g/mol. The third-order valence-electron chi connectivity index (χ3n) is 4.46. The van der Waals surface area contributed by atoms with Crippen molar-refractivity contribution >= 4 is 10.9 Å². The highest BCUT2D eigenvalue weighted by Gasteiger charge is 2.28. The Labute approximate surface area is 127 Å². The predicted molar refractivity (Wildman–Crippen MR) is 84.6 cm³/mol. The van der Waals surface area contributed by atoms with Crippen molar-refractivity contribution < 1.29 is 0 Å². The van der Waals surface area contributed by atoms with Crippen molar-refractivity contribution in [1.82, 2.24) is 25.1 Å². The van der Waals surface area contributed by atoms with E-state index in [-0.39, 0.29) is 11.7 Å². The van der Waals surface area contributed by atoms with Crippen LogP contribution in [0.1, 0.15) is 36.0 Å². The molecule has 2 aromatic heterocycles. The lowest BCUT2D eigenvalue weighted by Gasteiger charge is -2.22. The quantitative estimate of drug-likeness (QED) is 0.693. The van der Waals surface area contributed by atoms with Gasteiger partial charge in [-0.2, -0.15) is 5.10 Å². The molecule has 0 aliphatic carbocycles. The number of hydrogen-bond donors (Lipinski definition) is 3. The van der Waals surface area contributed by atoms with Crippen molar-refractivity contribution in [1.29, 1.82) is 0 Å². The molecule has 1 aliphatic rings. The van der Waals surface area contributed by atoms with Crippen molar-refractivity contribution in [2.75, 3.05) is 6.54 Å². The Balaban J connectivity index is 1.65. The van der Waals surface area contributed by atoms with Crippen LogP contribution in [0.5, 0.6) is 0 Å². The Morgan fingerprint density at radius 2 is 2.27 bits per heavy atom. The lowest BCUT2D eigenvalue weighted by Crippen LogP contribution is -2.24. The van der Waals surface area contributed by atoms with E-state index in [1.54, 1.807) is 0 Å². The number of hydrogen-bond acceptors (Lipinski definition) is 3. The van der Waals surface area contributed by atoms with Gasteiger partial charge in [-0.1, -0.05) is 12.1 Å². The molecule has 1 atom stereocenters. The minimum absolute atomic E-state index is 0.189. The number of fused-ring (bicyclic) bond motifs is 1. The maximum atomic E-state index is 11.3. The average molecular weight is 297 g/mol. The predicted octanol–water partition coefficient (Wildman–Crippen LogP) is 2.22. The van der Waals surface area contributed by atoms with Gasteiger partial charge in [0.15, 0.2) is 0 Å². The summed E-state index contributed by atoms with van der Waals surface area (Å²) >= 11 is 0. The summed E-state index contributed by atoms with van der Waals surface area (Å²) in [6.07, 6.45) is 2.16. The molecule has 114 valence electrons. The minimum Gasteiger partial charge on any atom is -0.359 e. The number of nitrogens with zero attached hydrogens (tertiary/aromatic N) is 2. The third kappa shape index (κ3) is 2.25. The van der Waals surface area contributed by atoms with Crippen molar-refractivity contribution in [2.24, 2.45) is 0 Å². The Morgan fingerprint density at radius 3 is 3.09 bits per heavy atom. The average Bonchev–Trinajstić information content (AvgIpc) is 3.18. The van der Waals surface area contributed by atoms with Gasteiger partial charge in [-0.25, -0.2) is 9.89 Å². The van der Waals surface area contributed by atoms with E-state index >= 15 is 0 Å². The fourth-order valence-electron chi connectivity index (χ4n) is 3.48. The zero-order chi connectivity index (χ0) is 15.1. The van der Waals surface area contributed by atoms with Crippen LogP contribution < -0.4 is 5.69 Å². The van der Waals surface area contributed by atoms with Crippen LogP contribution in [0.25, 0.3) is 10.9 Å². The van der Waals surface area contributed by atoms with Crippen LogP contribution in [0.3, 0.4) is 0 Å². The summed E-state index contributed by atoms with van der Waals surface area (Å²) in [4.78, 5) is 19.9. The fraction of sp³-hybridized carbons (Fsp3) is 0.375. The number of aryl methyl sites for hydroxylation is 1. The lowest BCUT2D eigenvalue weighted by atomic mass is 10.1. The van der Waals surface area contributed by atoms with E-state index in [0.717, 1.165) is 31.8 Å². The Morgan fingerprint density at radius 1 is 1.36 bits per heavy atom. The van der Waals surface area contributed by atoms with E-state index in [2.05, 4.69) is 56.3 Å². The molecule has 1 unspecified atom stereocenters. The fourth-order valence-corrected chi connectivity index (χ4v) is 3.48. The molecule has 0 spiro atoms. The van der Waals surface area contributed by atoms with Crippen molar-refractivity contribution in [3.63, 3.8) is 0 Å². The molecule has 4 rings (SSSR count). The second-order valence-corrected chi connectivity index (χ2v) is 6.02. The summed E-state index contributed by atoms with van der Waals surface area (Å²) in [5, 5.41) is 7.86. The van der Waals surface area contributed by atoms with Gasteiger partial charge in [0.05, 0.1) is 6.04 Å². The topological polar surface area (TPSA) is 80.6 Å². The van der Waals surface area contributed by atoms with Gasteiger partial charge in [0, 0.05) is 23.1 Å².